The number of hydrogen-bond donors (Lipinski definition) is 3. The van der Waals surface area contributed by atoms with Gasteiger partial charge in [-0.1, -0.05) is 37.6 Å². The van der Waals surface area contributed by atoms with E-state index >= 15 is 0 Å². The van der Waals surface area contributed by atoms with Gasteiger partial charge in [-0.2, -0.15) is 0 Å². The second-order valence-corrected chi connectivity index (χ2v) is 10.8. The number of aliphatic hydroxyl groups excluding tert-OH is 2. The molecule has 0 saturated heterocycles. The summed E-state index contributed by atoms with van der Waals surface area (Å²) in [6, 6.07) is 3.42. The standard InChI is InChI=1S/C28H39NO7/c1-14-11-15(2)26(17(4)30)36-28(33)22(34-5)13-18-8-9-19-12-21(16(3)25(31)24(19)23(14)18)35-27(32)20-7-6-10-29-20/h6-11,15-19,21-26,29-31H,12-13H2,1-5H3/b14-11+/t15-,16+,17-,18-,19+,21+,22+,23?,24-,25-,26+/m1/s1. The molecule has 4 rings (SSSR count). The second kappa shape index (κ2) is 10.9. The molecule has 8 heteroatoms. The van der Waals surface area contributed by atoms with E-state index < -0.39 is 42.5 Å². The Labute approximate surface area is 212 Å². The first-order valence-corrected chi connectivity index (χ1v) is 12.9. The first kappa shape index (κ1) is 26.6. The average molecular weight is 502 g/mol. The van der Waals surface area contributed by atoms with Crippen LogP contribution in [0.3, 0.4) is 0 Å². The number of methoxy groups -OCH3 is 1. The second-order valence-electron chi connectivity index (χ2n) is 10.8. The summed E-state index contributed by atoms with van der Waals surface area (Å²) in [6.07, 6.45) is 5.58. The van der Waals surface area contributed by atoms with Crippen molar-refractivity contribution in [2.24, 2.45) is 35.5 Å². The number of fused-ring (bicyclic) bond motifs is 3. The van der Waals surface area contributed by atoms with Crippen molar-refractivity contribution >= 4 is 11.9 Å². The molecule has 1 aromatic rings. The van der Waals surface area contributed by atoms with Crippen molar-refractivity contribution in [1.29, 1.82) is 0 Å². The summed E-state index contributed by atoms with van der Waals surface area (Å²) in [6.45, 7) is 7.54. The molecule has 2 heterocycles. The van der Waals surface area contributed by atoms with E-state index in [4.69, 9.17) is 14.2 Å². The molecule has 36 heavy (non-hydrogen) atoms. The van der Waals surface area contributed by atoms with Gasteiger partial charge in [0.15, 0.2) is 6.10 Å². The normalized spacial score (nSPS) is 41.2. The molecule has 0 aromatic carbocycles. The minimum atomic E-state index is -0.838. The maximum atomic E-state index is 12.9. The molecule has 1 saturated carbocycles. The molecular weight excluding hydrogens is 462 g/mol. The maximum Gasteiger partial charge on any atom is 0.355 e. The van der Waals surface area contributed by atoms with E-state index in [0.717, 1.165) is 5.57 Å². The van der Waals surface area contributed by atoms with Crippen molar-refractivity contribution in [3.63, 3.8) is 0 Å². The van der Waals surface area contributed by atoms with Crippen LogP contribution in [-0.2, 0) is 19.0 Å². The van der Waals surface area contributed by atoms with Crippen LogP contribution in [0.15, 0.2) is 42.1 Å². The van der Waals surface area contributed by atoms with Gasteiger partial charge in [-0.25, -0.2) is 9.59 Å². The van der Waals surface area contributed by atoms with Gasteiger partial charge in [0.1, 0.15) is 17.9 Å². The zero-order valence-corrected chi connectivity index (χ0v) is 21.7. The van der Waals surface area contributed by atoms with Crippen LogP contribution in [0.2, 0.25) is 0 Å². The lowest BCUT2D eigenvalue weighted by molar-refractivity contribution is -0.170. The minimum absolute atomic E-state index is 0.0148. The van der Waals surface area contributed by atoms with Gasteiger partial charge >= 0.3 is 11.9 Å². The number of nitrogens with one attached hydrogen (secondary N) is 1. The quantitative estimate of drug-likeness (QED) is 0.428. The number of hydrogen-bond acceptors (Lipinski definition) is 7. The van der Waals surface area contributed by atoms with Crippen molar-refractivity contribution in [3.8, 4) is 0 Å². The Morgan fingerprint density at radius 2 is 1.94 bits per heavy atom. The molecule has 1 aromatic heterocycles. The molecule has 1 aliphatic heterocycles. The van der Waals surface area contributed by atoms with E-state index in [1.54, 1.807) is 25.3 Å². The van der Waals surface area contributed by atoms with Crippen LogP contribution < -0.4 is 0 Å². The topological polar surface area (TPSA) is 118 Å². The Kier molecular flexibility index (Phi) is 8.07. The zero-order chi connectivity index (χ0) is 26.1. The zero-order valence-electron chi connectivity index (χ0n) is 21.7. The number of cyclic esters (lactones) is 1. The third kappa shape index (κ3) is 5.17. The van der Waals surface area contributed by atoms with Gasteiger partial charge in [-0.3, -0.25) is 0 Å². The first-order chi connectivity index (χ1) is 17.1. The summed E-state index contributed by atoms with van der Waals surface area (Å²) in [5.41, 5.74) is 1.49. The fraction of sp³-hybridized carbons (Fsp3) is 0.643. The largest absolute Gasteiger partial charge is 0.457 e. The van der Waals surface area contributed by atoms with Crippen LogP contribution in [-0.4, -0.2) is 64.8 Å². The third-order valence-corrected chi connectivity index (χ3v) is 8.41. The van der Waals surface area contributed by atoms with Crippen molar-refractivity contribution in [3.05, 3.63) is 47.8 Å². The van der Waals surface area contributed by atoms with Gasteiger partial charge in [0.25, 0.3) is 0 Å². The van der Waals surface area contributed by atoms with E-state index in [9.17, 15) is 19.8 Å². The van der Waals surface area contributed by atoms with Gasteiger partial charge in [0.2, 0.25) is 0 Å². The van der Waals surface area contributed by atoms with Gasteiger partial charge in [-0.15, -0.1) is 0 Å². The molecule has 3 aliphatic rings. The number of ether oxygens (including phenoxy) is 3. The molecule has 2 aliphatic carbocycles. The van der Waals surface area contributed by atoms with E-state index in [1.807, 2.05) is 13.8 Å². The molecular formula is C28H39NO7. The van der Waals surface area contributed by atoms with Gasteiger partial charge in [0, 0.05) is 25.1 Å². The number of aromatic nitrogens is 1. The maximum absolute atomic E-state index is 12.9. The summed E-state index contributed by atoms with van der Waals surface area (Å²) in [7, 11) is 1.49. The highest BCUT2D eigenvalue weighted by molar-refractivity contribution is 5.87. The Hall–Kier alpha value is -2.42. The highest BCUT2D eigenvalue weighted by Gasteiger charge is 2.50. The Morgan fingerprint density at radius 1 is 1.22 bits per heavy atom. The Morgan fingerprint density at radius 3 is 2.58 bits per heavy atom. The third-order valence-electron chi connectivity index (χ3n) is 8.41. The number of aliphatic hydroxyl groups is 2. The molecule has 8 nitrogen and oxygen atoms in total. The van der Waals surface area contributed by atoms with Crippen LogP contribution >= 0.6 is 0 Å². The Bertz CT molecular complexity index is 984. The van der Waals surface area contributed by atoms with Crippen molar-refractivity contribution in [1.82, 2.24) is 4.98 Å². The fourth-order valence-electron chi connectivity index (χ4n) is 6.53. The monoisotopic (exact) mass is 501 g/mol. The first-order valence-electron chi connectivity index (χ1n) is 12.9. The summed E-state index contributed by atoms with van der Waals surface area (Å²) < 4.78 is 17.0. The van der Waals surface area contributed by atoms with Crippen molar-refractivity contribution in [2.75, 3.05) is 7.11 Å². The average Bonchev–Trinajstić information content (AvgIpc) is 3.38. The van der Waals surface area contributed by atoms with E-state index in [2.05, 4.69) is 30.1 Å². The lowest BCUT2D eigenvalue weighted by Crippen LogP contribution is -2.52. The van der Waals surface area contributed by atoms with Crippen LogP contribution in [0.4, 0.5) is 0 Å². The molecule has 0 amide bonds. The highest BCUT2D eigenvalue weighted by Crippen LogP contribution is 2.50. The summed E-state index contributed by atoms with van der Waals surface area (Å²) in [4.78, 5) is 28.4. The predicted molar refractivity (Wildman–Crippen MR) is 133 cm³/mol. The number of H-pyrrole nitrogens is 1. The van der Waals surface area contributed by atoms with E-state index in [0.29, 0.717) is 18.5 Å². The number of rotatable bonds is 4. The van der Waals surface area contributed by atoms with Crippen LogP contribution in [0, 0.1) is 35.5 Å². The molecule has 1 fully saturated rings. The Balaban J connectivity index is 1.65. The highest BCUT2D eigenvalue weighted by atomic mass is 16.6. The van der Waals surface area contributed by atoms with Crippen LogP contribution in [0.5, 0.6) is 0 Å². The summed E-state index contributed by atoms with van der Waals surface area (Å²) in [5, 5.41) is 21.9. The SMILES string of the molecule is CO[C@H]1C[C@H]2C=C[C@H]3C[C@H](OC(=O)c4ccc[nH]4)[C@H](C)[C@@H](O)[C@H]3C2/C(C)=C/[C@@H](C)[C@@H]([C@@H](C)O)OC1=O. The van der Waals surface area contributed by atoms with Crippen LogP contribution in [0.25, 0.3) is 0 Å². The van der Waals surface area contributed by atoms with Crippen LogP contribution in [0.1, 0.15) is 51.0 Å². The molecule has 0 spiro atoms. The smallest absolute Gasteiger partial charge is 0.355 e. The van der Waals surface area contributed by atoms with E-state index in [-0.39, 0.29) is 35.5 Å². The number of aromatic amines is 1. The predicted octanol–water partition coefficient (Wildman–Crippen LogP) is 3.27. The minimum Gasteiger partial charge on any atom is -0.457 e. The molecule has 198 valence electrons. The summed E-state index contributed by atoms with van der Waals surface area (Å²) >= 11 is 0. The molecule has 3 N–H and O–H groups in total. The lowest BCUT2D eigenvalue weighted by Gasteiger charge is -2.50. The lowest BCUT2D eigenvalue weighted by atomic mass is 9.58. The number of esters is 2. The summed E-state index contributed by atoms with van der Waals surface area (Å²) in [5.74, 6) is -1.53. The van der Waals surface area contributed by atoms with E-state index in [1.165, 1.54) is 7.11 Å². The number of carbonyl (C=O) groups is 2. The fourth-order valence-corrected chi connectivity index (χ4v) is 6.53. The van der Waals surface area contributed by atoms with Gasteiger partial charge in [-0.05, 0) is 62.5 Å². The number of carbonyl (C=O) groups excluding carboxylic acids is 2. The van der Waals surface area contributed by atoms with Gasteiger partial charge in [0.05, 0.1) is 12.2 Å². The molecule has 0 radical (unpaired) electrons. The van der Waals surface area contributed by atoms with Gasteiger partial charge < -0.3 is 29.4 Å². The molecule has 0 bridgehead atoms. The van der Waals surface area contributed by atoms with Crippen molar-refractivity contribution in [2.45, 2.75) is 71.1 Å². The number of allylic oxidation sites excluding steroid dienone is 3. The van der Waals surface area contributed by atoms with Crippen molar-refractivity contribution < 1.29 is 34.0 Å². The molecule has 1 unspecified atom stereocenters. The molecule has 11 atom stereocenters.